The van der Waals surface area contributed by atoms with Gasteiger partial charge in [0.25, 0.3) is 0 Å². The number of nitrogens with zero attached hydrogens (tertiary/aromatic N) is 1. The SMILES string of the molecule is Cc1c(C(=O)O)cn(C)c1C. The standard InChI is InChI=1S/C8H11NO2/c1-5-6(2)9(3)4-7(5)8(10)11/h4H,1-3H3,(H,10,11). The van der Waals surface area contributed by atoms with Crippen molar-refractivity contribution in [1.29, 1.82) is 0 Å². The highest BCUT2D eigenvalue weighted by Crippen LogP contribution is 2.13. The number of rotatable bonds is 1. The van der Waals surface area contributed by atoms with Gasteiger partial charge in [0, 0.05) is 18.9 Å². The highest BCUT2D eigenvalue weighted by atomic mass is 16.4. The first-order valence-corrected chi connectivity index (χ1v) is 3.40. The van der Waals surface area contributed by atoms with Crippen LogP contribution in [0.15, 0.2) is 6.20 Å². The number of carbonyl (C=O) groups is 1. The average Bonchev–Trinajstić information content (AvgIpc) is 2.17. The molecule has 11 heavy (non-hydrogen) atoms. The van der Waals surface area contributed by atoms with E-state index in [2.05, 4.69) is 0 Å². The minimum absolute atomic E-state index is 0.394. The zero-order valence-corrected chi connectivity index (χ0v) is 6.88. The van der Waals surface area contributed by atoms with Crippen LogP contribution in [-0.2, 0) is 7.05 Å². The molecule has 0 amide bonds. The normalized spacial score (nSPS) is 10.1. The molecule has 0 aliphatic heterocycles. The summed E-state index contributed by atoms with van der Waals surface area (Å²) in [5, 5.41) is 8.69. The van der Waals surface area contributed by atoms with Gasteiger partial charge in [-0.15, -0.1) is 0 Å². The summed E-state index contributed by atoms with van der Waals surface area (Å²) in [6.45, 7) is 3.72. The Balaban J connectivity index is 3.29. The summed E-state index contributed by atoms with van der Waals surface area (Å²) in [6.07, 6.45) is 1.63. The first-order chi connectivity index (χ1) is 5.04. The van der Waals surface area contributed by atoms with E-state index in [1.165, 1.54) is 0 Å². The molecule has 0 saturated carbocycles. The minimum Gasteiger partial charge on any atom is -0.478 e. The molecule has 3 heteroatoms. The molecule has 60 valence electrons. The summed E-state index contributed by atoms with van der Waals surface area (Å²) in [5.74, 6) is -0.855. The van der Waals surface area contributed by atoms with Crippen molar-refractivity contribution in [3.8, 4) is 0 Å². The molecule has 0 aliphatic rings. The zero-order chi connectivity index (χ0) is 8.59. The van der Waals surface area contributed by atoms with Gasteiger partial charge in [-0.25, -0.2) is 4.79 Å². The Morgan fingerprint density at radius 3 is 2.27 bits per heavy atom. The molecule has 3 nitrogen and oxygen atoms in total. The van der Waals surface area contributed by atoms with Crippen molar-refractivity contribution < 1.29 is 9.90 Å². The molecule has 0 bridgehead atoms. The van der Waals surface area contributed by atoms with E-state index in [0.29, 0.717) is 5.56 Å². The molecule has 0 aromatic carbocycles. The maximum atomic E-state index is 10.6. The van der Waals surface area contributed by atoms with Crippen LogP contribution in [0.2, 0.25) is 0 Å². The third-order valence-electron chi connectivity index (χ3n) is 2.03. The number of hydrogen-bond acceptors (Lipinski definition) is 1. The quantitative estimate of drug-likeness (QED) is 0.661. The van der Waals surface area contributed by atoms with Crippen LogP contribution in [0.1, 0.15) is 21.6 Å². The summed E-state index contributed by atoms with van der Waals surface area (Å²) in [5.41, 5.74) is 2.24. The Morgan fingerprint density at radius 2 is 2.09 bits per heavy atom. The molecule has 0 unspecified atom stereocenters. The van der Waals surface area contributed by atoms with Gasteiger partial charge in [-0.05, 0) is 19.4 Å². The Bertz CT molecular complexity index is 299. The van der Waals surface area contributed by atoms with Crippen molar-refractivity contribution in [3.05, 3.63) is 23.0 Å². The fraction of sp³-hybridized carbons (Fsp3) is 0.375. The van der Waals surface area contributed by atoms with Gasteiger partial charge in [0.1, 0.15) is 0 Å². The third-order valence-corrected chi connectivity index (χ3v) is 2.03. The summed E-state index contributed by atoms with van der Waals surface area (Å²) >= 11 is 0. The van der Waals surface area contributed by atoms with E-state index in [0.717, 1.165) is 11.3 Å². The fourth-order valence-corrected chi connectivity index (χ4v) is 1.06. The largest absolute Gasteiger partial charge is 0.478 e. The van der Waals surface area contributed by atoms with Gasteiger partial charge in [-0.1, -0.05) is 0 Å². The fourth-order valence-electron chi connectivity index (χ4n) is 1.06. The lowest BCUT2D eigenvalue weighted by atomic mass is 10.2. The van der Waals surface area contributed by atoms with Crippen molar-refractivity contribution in [2.45, 2.75) is 13.8 Å². The molecule has 0 fully saturated rings. The Hall–Kier alpha value is -1.25. The maximum absolute atomic E-state index is 10.6. The van der Waals surface area contributed by atoms with Crippen LogP contribution < -0.4 is 0 Å². The molecule has 1 heterocycles. The van der Waals surface area contributed by atoms with Crippen molar-refractivity contribution >= 4 is 5.97 Å². The van der Waals surface area contributed by atoms with Crippen molar-refractivity contribution in [2.75, 3.05) is 0 Å². The van der Waals surface area contributed by atoms with Crippen LogP contribution in [0, 0.1) is 13.8 Å². The zero-order valence-electron chi connectivity index (χ0n) is 6.88. The van der Waals surface area contributed by atoms with Gasteiger partial charge in [0.05, 0.1) is 5.56 Å². The lowest BCUT2D eigenvalue weighted by Gasteiger charge is -1.93. The van der Waals surface area contributed by atoms with E-state index in [1.54, 1.807) is 6.20 Å². The highest BCUT2D eigenvalue weighted by molar-refractivity contribution is 5.89. The number of carboxylic acids is 1. The number of aromatic carboxylic acids is 1. The first-order valence-electron chi connectivity index (χ1n) is 3.40. The molecular formula is C8H11NO2. The number of hydrogen-bond donors (Lipinski definition) is 1. The molecule has 0 saturated heterocycles. The van der Waals surface area contributed by atoms with Crippen molar-refractivity contribution in [1.82, 2.24) is 4.57 Å². The van der Waals surface area contributed by atoms with Crippen LogP contribution in [0.25, 0.3) is 0 Å². The minimum atomic E-state index is -0.855. The lowest BCUT2D eigenvalue weighted by molar-refractivity contribution is 0.0696. The van der Waals surface area contributed by atoms with Gasteiger partial charge in [0.2, 0.25) is 0 Å². The summed E-state index contributed by atoms with van der Waals surface area (Å²) in [7, 11) is 1.84. The van der Waals surface area contributed by atoms with Crippen LogP contribution >= 0.6 is 0 Å². The molecule has 0 atom stereocenters. The molecule has 0 aliphatic carbocycles. The van der Waals surface area contributed by atoms with E-state index in [-0.39, 0.29) is 0 Å². The van der Waals surface area contributed by atoms with Crippen LogP contribution in [0.3, 0.4) is 0 Å². The molecule has 1 aromatic rings. The highest BCUT2D eigenvalue weighted by Gasteiger charge is 2.11. The van der Waals surface area contributed by atoms with Crippen molar-refractivity contribution in [3.63, 3.8) is 0 Å². The topological polar surface area (TPSA) is 42.2 Å². The predicted molar refractivity (Wildman–Crippen MR) is 41.8 cm³/mol. The van der Waals surface area contributed by atoms with E-state index in [4.69, 9.17) is 5.11 Å². The smallest absolute Gasteiger partial charge is 0.337 e. The van der Waals surface area contributed by atoms with Gasteiger partial charge in [-0.3, -0.25) is 0 Å². The molecule has 1 rings (SSSR count). The van der Waals surface area contributed by atoms with E-state index < -0.39 is 5.97 Å². The number of carboxylic acid groups (broad SMARTS) is 1. The van der Waals surface area contributed by atoms with Crippen molar-refractivity contribution in [2.24, 2.45) is 7.05 Å². The maximum Gasteiger partial charge on any atom is 0.337 e. The first kappa shape index (κ1) is 7.85. The second-order valence-corrected chi connectivity index (χ2v) is 2.67. The van der Waals surface area contributed by atoms with E-state index in [9.17, 15) is 4.79 Å². The Morgan fingerprint density at radius 1 is 1.55 bits per heavy atom. The van der Waals surface area contributed by atoms with Gasteiger partial charge in [-0.2, -0.15) is 0 Å². The monoisotopic (exact) mass is 153 g/mol. The number of aromatic nitrogens is 1. The second kappa shape index (κ2) is 2.42. The Kier molecular flexibility index (Phi) is 1.72. The molecular weight excluding hydrogens is 142 g/mol. The van der Waals surface area contributed by atoms with Gasteiger partial charge in [0.15, 0.2) is 0 Å². The lowest BCUT2D eigenvalue weighted by Crippen LogP contribution is -1.95. The van der Waals surface area contributed by atoms with Crippen LogP contribution in [0.4, 0.5) is 0 Å². The van der Waals surface area contributed by atoms with E-state index in [1.807, 2.05) is 25.5 Å². The molecule has 0 radical (unpaired) electrons. The van der Waals surface area contributed by atoms with Gasteiger partial charge < -0.3 is 9.67 Å². The Labute approximate surface area is 65.3 Å². The molecule has 1 N–H and O–H groups in total. The van der Waals surface area contributed by atoms with E-state index >= 15 is 0 Å². The van der Waals surface area contributed by atoms with Crippen LogP contribution in [0.5, 0.6) is 0 Å². The summed E-state index contributed by atoms with van der Waals surface area (Å²) in [4.78, 5) is 10.6. The third kappa shape index (κ3) is 1.13. The summed E-state index contributed by atoms with van der Waals surface area (Å²) < 4.78 is 1.82. The number of aryl methyl sites for hydroxylation is 1. The summed E-state index contributed by atoms with van der Waals surface area (Å²) in [6, 6.07) is 0. The van der Waals surface area contributed by atoms with Crippen LogP contribution in [-0.4, -0.2) is 15.6 Å². The molecule has 0 spiro atoms. The predicted octanol–water partition coefficient (Wildman–Crippen LogP) is 1.34. The van der Waals surface area contributed by atoms with Gasteiger partial charge >= 0.3 is 5.97 Å². The molecule has 1 aromatic heterocycles. The second-order valence-electron chi connectivity index (χ2n) is 2.67. The average molecular weight is 153 g/mol.